The number of unbranched alkanes of at least 4 members (excludes halogenated alkanes) is 7. The number of esters is 2. The Hall–Kier alpha value is -4.00. The quantitative estimate of drug-likeness (QED) is 0.106. The number of methoxy groups -OCH3 is 2. The molecule has 0 atom stereocenters. The summed E-state index contributed by atoms with van der Waals surface area (Å²) in [6.45, 7) is 2.90. The van der Waals surface area contributed by atoms with E-state index in [0.29, 0.717) is 40.7 Å². The van der Waals surface area contributed by atoms with Crippen molar-refractivity contribution in [2.45, 2.75) is 58.3 Å². The molecule has 0 amide bonds. The Labute approximate surface area is 231 Å². The SMILES string of the molecule is CCCCCCCCCCOc1ccc(C(=O)Oc2ccc(OC(=O)c3ccc(OC)c(OC)c3)cc2)cc1. The number of rotatable bonds is 16. The summed E-state index contributed by atoms with van der Waals surface area (Å²) in [5, 5.41) is 0. The van der Waals surface area contributed by atoms with Gasteiger partial charge in [-0.05, 0) is 73.2 Å². The molecular weight excluding hydrogens is 496 g/mol. The molecular formula is C32H38O7. The average molecular weight is 535 g/mol. The summed E-state index contributed by atoms with van der Waals surface area (Å²) in [7, 11) is 3.01. The van der Waals surface area contributed by atoms with Crippen LogP contribution in [0.2, 0.25) is 0 Å². The largest absolute Gasteiger partial charge is 0.494 e. The molecule has 0 aliphatic carbocycles. The summed E-state index contributed by atoms with van der Waals surface area (Å²) in [5.41, 5.74) is 0.728. The number of hydrogen-bond donors (Lipinski definition) is 0. The second kappa shape index (κ2) is 16.1. The van der Waals surface area contributed by atoms with Crippen molar-refractivity contribution in [3.63, 3.8) is 0 Å². The Morgan fingerprint density at radius 1 is 0.564 bits per heavy atom. The molecule has 7 nitrogen and oxygen atoms in total. The molecule has 39 heavy (non-hydrogen) atoms. The van der Waals surface area contributed by atoms with Crippen LogP contribution in [0.5, 0.6) is 28.7 Å². The first-order valence-corrected chi connectivity index (χ1v) is 13.5. The lowest BCUT2D eigenvalue weighted by Crippen LogP contribution is -2.10. The fourth-order valence-electron chi connectivity index (χ4n) is 3.98. The first-order chi connectivity index (χ1) is 19.0. The molecule has 0 aromatic heterocycles. The number of hydrogen-bond acceptors (Lipinski definition) is 7. The molecule has 0 radical (unpaired) electrons. The summed E-state index contributed by atoms with van der Waals surface area (Å²) in [5.74, 6) is 1.28. The number of benzene rings is 3. The fraction of sp³-hybridized carbons (Fsp3) is 0.375. The van der Waals surface area contributed by atoms with Gasteiger partial charge in [0, 0.05) is 0 Å². The molecule has 0 aliphatic heterocycles. The Morgan fingerprint density at radius 3 is 1.62 bits per heavy atom. The van der Waals surface area contributed by atoms with Gasteiger partial charge in [0.05, 0.1) is 32.0 Å². The molecule has 0 fully saturated rings. The van der Waals surface area contributed by atoms with Crippen LogP contribution in [0.4, 0.5) is 0 Å². The zero-order chi connectivity index (χ0) is 27.9. The monoisotopic (exact) mass is 534 g/mol. The van der Waals surface area contributed by atoms with E-state index >= 15 is 0 Å². The van der Waals surface area contributed by atoms with Crippen molar-refractivity contribution in [2.24, 2.45) is 0 Å². The van der Waals surface area contributed by atoms with E-state index in [-0.39, 0.29) is 0 Å². The molecule has 3 rings (SSSR count). The number of carbonyl (C=O) groups is 2. The fourth-order valence-corrected chi connectivity index (χ4v) is 3.98. The predicted molar refractivity (Wildman–Crippen MR) is 150 cm³/mol. The first-order valence-electron chi connectivity index (χ1n) is 13.5. The lowest BCUT2D eigenvalue weighted by Gasteiger charge is -2.10. The molecule has 0 unspecified atom stereocenters. The minimum atomic E-state index is -0.551. The van der Waals surface area contributed by atoms with Gasteiger partial charge < -0.3 is 23.7 Å². The second-order valence-electron chi connectivity index (χ2n) is 9.17. The van der Waals surface area contributed by atoms with E-state index < -0.39 is 11.9 Å². The molecule has 208 valence electrons. The first kappa shape index (κ1) is 29.6. The van der Waals surface area contributed by atoms with E-state index in [1.807, 2.05) is 0 Å². The van der Waals surface area contributed by atoms with E-state index in [9.17, 15) is 9.59 Å². The van der Waals surface area contributed by atoms with Crippen molar-refractivity contribution in [1.29, 1.82) is 0 Å². The number of ether oxygens (including phenoxy) is 5. The number of carbonyl (C=O) groups excluding carboxylic acids is 2. The van der Waals surface area contributed by atoms with Gasteiger partial charge >= 0.3 is 11.9 Å². The molecule has 0 saturated heterocycles. The van der Waals surface area contributed by atoms with Gasteiger partial charge in [0.25, 0.3) is 0 Å². The summed E-state index contributed by atoms with van der Waals surface area (Å²) >= 11 is 0. The molecule has 0 saturated carbocycles. The Balaban J connectivity index is 1.42. The highest BCUT2D eigenvalue weighted by Gasteiger charge is 2.14. The summed E-state index contributed by atoms with van der Waals surface area (Å²) in [6, 6.07) is 17.9. The van der Waals surface area contributed by atoms with Gasteiger partial charge in [-0.15, -0.1) is 0 Å². The topological polar surface area (TPSA) is 80.3 Å². The van der Waals surface area contributed by atoms with Gasteiger partial charge in [-0.3, -0.25) is 0 Å². The zero-order valence-electron chi connectivity index (χ0n) is 23.1. The standard InChI is InChI=1S/C32H38O7/c1-4-5-6-7-8-9-10-11-22-37-26-15-12-24(13-16-26)31(33)38-27-17-19-28(20-18-27)39-32(34)25-14-21-29(35-2)30(23-25)36-3/h12-21,23H,4-11,22H2,1-3H3. The summed E-state index contributed by atoms with van der Waals surface area (Å²) < 4.78 is 27.1. The maximum Gasteiger partial charge on any atom is 0.343 e. The highest BCUT2D eigenvalue weighted by molar-refractivity contribution is 5.92. The predicted octanol–water partition coefficient (Wildman–Crippen LogP) is 7.66. The third kappa shape index (κ3) is 9.67. The second-order valence-corrected chi connectivity index (χ2v) is 9.17. The molecule has 3 aromatic carbocycles. The van der Waals surface area contributed by atoms with Crippen LogP contribution in [-0.4, -0.2) is 32.8 Å². The van der Waals surface area contributed by atoms with E-state index in [1.165, 1.54) is 59.2 Å². The van der Waals surface area contributed by atoms with Crippen molar-refractivity contribution >= 4 is 11.9 Å². The molecule has 0 heterocycles. The lowest BCUT2D eigenvalue weighted by atomic mass is 10.1. The van der Waals surface area contributed by atoms with Gasteiger partial charge in [-0.2, -0.15) is 0 Å². The van der Waals surface area contributed by atoms with E-state index in [4.69, 9.17) is 23.7 Å². The molecule has 0 aliphatic rings. The van der Waals surface area contributed by atoms with Crippen LogP contribution in [-0.2, 0) is 0 Å². The highest BCUT2D eigenvalue weighted by Crippen LogP contribution is 2.28. The minimum absolute atomic E-state index is 0.313. The molecule has 0 N–H and O–H groups in total. The van der Waals surface area contributed by atoms with Gasteiger partial charge in [0.1, 0.15) is 17.2 Å². The zero-order valence-corrected chi connectivity index (χ0v) is 23.1. The van der Waals surface area contributed by atoms with Crippen LogP contribution in [0.1, 0.15) is 79.0 Å². The molecule has 0 bridgehead atoms. The van der Waals surface area contributed by atoms with Crippen LogP contribution in [0, 0.1) is 0 Å². The van der Waals surface area contributed by atoms with E-state index in [1.54, 1.807) is 66.7 Å². The van der Waals surface area contributed by atoms with Gasteiger partial charge in [0.2, 0.25) is 0 Å². The van der Waals surface area contributed by atoms with Crippen molar-refractivity contribution in [2.75, 3.05) is 20.8 Å². The Kier molecular flexibility index (Phi) is 12.2. The summed E-state index contributed by atoms with van der Waals surface area (Å²) in [4.78, 5) is 25.0. The van der Waals surface area contributed by atoms with Crippen LogP contribution >= 0.6 is 0 Å². The van der Waals surface area contributed by atoms with Gasteiger partial charge in [-0.25, -0.2) is 9.59 Å². The Morgan fingerprint density at radius 2 is 1.05 bits per heavy atom. The third-order valence-corrected chi connectivity index (χ3v) is 6.22. The molecule has 7 heteroatoms. The van der Waals surface area contributed by atoms with Crippen LogP contribution in [0.25, 0.3) is 0 Å². The van der Waals surface area contributed by atoms with E-state index in [0.717, 1.165) is 12.2 Å². The highest BCUT2D eigenvalue weighted by atomic mass is 16.5. The van der Waals surface area contributed by atoms with Crippen LogP contribution in [0.3, 0.4) is 0 Å². The van der Waals surface area contributed by atoms with Crippen molar-refractivity contribution < 1.29 is 33.3 Å². The van der Waals surface area contributed by atoms with Crippen LogP contribution < -0.4 is 23.7 Å². The third-order valence-electron chi connectivity index (χ3n) is 6.22. The lowest BCUT2D eigenvalue weighted by molar-refractivity contribution is 0.0719. The van der Waals surface area contributed by atoms with Gasteiger partial charge in [0.15, 0.2) is 11.5 Å². The normalized spacial score (nSPS) is 10.5. The van der Waals surface area contributed by atoms with Crippen molar-refractivity contribution in [3.05, 3.63) is 77.9 Å². The van der Waals surface area contributed by atoms with Gasteiger partial charge in [-0.1, -0.05) is 51.9 Å². The smallest absolute Gasteiger partial charge is 0.343 e. The van der Waals surface area contributed by atoms with E-state index in [2.05, 4.69) is 6.92 Å². The maximum atomic E-state index is 12.5. The minimum Gasteiger partial charge on any atom is -0.494 e. The average Bonchev–Trinajstić information content (AvgIpc) is 2.97. The van der Waals surface area contributed by atoms with Crippen molar-refractivity contribution in [3.8, 4) is 28.7 Å². The Bertz CT molecular complexity index is 1170. The molecule has 0 spiro atoms. The molecule has 3 aromatic rings. The van der Waals surface area contributed by atoms with Crippen molar-refractivity contribution in [1.82, 2.24) is 0 Å². The summed E-state index contributed by atoms with van der Waals surface area (Å²) in [6.07, 6.45) is 10.0. The van der Waals surface area contributed by atoms with Crippen LogP contribution in [0.15, 0.2) is 66.7 Å². The maximum absolute atomic E-state index is 12.5.